The normalized spacial score (nSPS) is 17.0. The van der Waals surface area contributed by atoms with Crippen LogP contribution in [0.1, 0.15) is 11.4 Å². The van der Waals surface area contributed by atoms with Crippen LogP contribution >= 0.6 is 0 Å². The third kappa shape index (κ3) is 3.53. The van der Waals surface area contributed by atoms with E-state index in [-0.39, 0.29) is 6.03 Å². The second-order valence-electron chi connectivity index (χ2n) is 7.53. The number of hydrogen-bond donors (Lipinski definition) is 1. The first-order chi connectivity index (χ1) is 14.2. The van der Waals surface area contributed by atoms with Crippen LogP contribution in [0.2, 0.25) is 0 Å². The molecule has 2 aliphatic rings. The molecule has 3 aromatic rings. The molecule has 1 aromatic heterocycles. The van der Waals surface area contributed by atoms with Crippen molar-refractivity contribution in [3.63, 3.8) is 0 Å². The number of morpholine rings is 1. The van der Waals surface area contributed by atoms with Crippen molar-refractivity contribution >= 4 is 17.1 Å². The second-order valence-corrected chi connectivity index (χ2v) is 7.53. The van der Waals surface area contributed by atoms with Crippen molar-refractivity contribution in [3.8, 4) is 16.9 Å². The van der Waals surface area contributed by atoms with Gasteiger partial charge in [-0.15, -0.1) is 0 Å². The van der Waals surface area contributed by atoms with Crippen LogP contribution in [-0.4, -0.2) is 65.3 Å². The molecule has 0 bridgehead atoms. The molecule has 2 amide bonds. The highest BCUT2D eigenvalue weighted by atomic mass is 16.5. The van der Waals surface area contributed by atoms with Crippen molar-refractivity contribution in [2.75, 3.05) is 39.5 Å². The van der Waals surface area contributed by atoms with E-state index < -0.39 is 0 Å². The number of ether oxygens (including phenoxy) is 2. The minimum absolute atomic E-state index is 0.0597. The number of rotatable bonds is 1. The van der Waals surface area contributed by atoms with E-state index in [1.165, 1.54) is 0 Å². The Labute approximate surface area is 169 Å². The number of aromatic amines is 1. The van der Waals surface area contributed by atoms with Gasteiger partial charge in [-0.05, 0) is 42.3 Å². The summed E-state index contributed by atoms with van der Waals surface area (Å²) in [6, 6.07) is 12.5. The number of carbonyl (C=O) groups excluding carboxylic acids is 1. The molecule has 7 heteroatoms. The lowest BCUT2D eigenvalue weighted by Crippen LogP contribution is -2.48. The summed E-state index contributed by atoms with van der Waals surface area (Å²) in [4.78, 5) is 24.5. The first-order valence-corrected chi connectivity index (χ1v) is 10.0. The van der Waals surface area contributed by atoms with Gasteiger partial charge in [0, 0.05) is 18.7 Å². The Morgan fingerprint density at radius 3 is 2.62 bits per heavy atom. The SMILES string of the molecule is Cc1nc2ccc(-c3ccc4c(c3)CN(C(=O)N3CCOCC3)CCO4)cc2[nH]1. The molecular weight excluding hydrogens is 368 g/mol. The van der Waals surface area contributed by atoms with Gasteiger partial charge in [-0.1, -0.05) is 12.1 Å². The maximum absolute atomic E-state index is 12.9. The molecule has 150 valence electrons. The van der Waals surface area contributed by atoms with Crippen LogP contribution in [0.25, 0.3) is 22.2 Å². The largest absolute Gasteiger partial charge is 0.491 e. The summed E-state index contributed by atoms with van der Waals surface area (Å²) in [7, 11) is 0. The third-order valence-corrected chi connectivity index (χ3v) is 5.53. The molecule has 2 aromatic carbocycles. The van der Waals surface area contributed by atoms with Crippen LogP contribution in [-0.2, 0) is 11.3 Å². The maximum Gasteiger partial charge on any atom is 0.320 e. The number of nitrogens with zero attached hydrogens (tertiary/aromatic N) is 3. The number of fused-ring (bicyclic) bond motifs is 2. The van der Waals surface area contributed by atoms with E-state index in [0.29, 0.717) is 46.0 Å². The summed E-state index contributed by atoms with van der Waals surface area (Å²) in [5.74, 6) is 1.76. The number of aromatic nitrogens is 2. The highest BCUT2D eigenvalue weighted by molar-refractivity contribution is 5.82. The molecule has 0 radical (unpaired) electrons. The summed E-state index contributed by atoms with van der Waals surface area (Å²) >= 11 is 0. The van der Waals surface area contributed by atoms with Crippen LogP contribution in [0, 0.1) is 6.92 Å². The van der Waals surface area contributed by atoms with E-state index in [9.17, 15) is 4.79 Å². The van der Waals surface area contributed by atoms with Gasteiger partial charge in [0.1, 0.15) is 18.2 Å². The zero-order valence-electron chi connectivity index (χ0n) is 16.5. The lowest BCUT2D eigenvalue weighted by atomic mass is 10.0. The molecule has 1 saturated heterocycles. The Kier molecular flexibility index (Phi) is 4.60. The average molecular weight is 392 g/mol. The van der Waals surface area contributed by atoms with E-state index in [4.69, 9.17) is 9.47 Å². The molecule has 0 atom stereocenters. The van der Waals surface area contributed by atoms with Crippen LogP contribution in [0.15, 0.2) is 36.4 Å². The van der Waals surface area contributed by atoms with E-state index >= 15 is 0 Å². The van der Waals surface area contributed by atoms with Crippen molar-refractivity contribution in [1.82, 2.24) is 19.8 Å². The van der Waals surface area contributed by atoms with Gasteiger partial charge < -0.3 is 24.3 Å². The molecule has 0 aliphatic carbocycles. The molecule has 0 saturated carbocycles. The van der Waals surface area contributed by atoms with E-state index in [1.807, 2.05) is 28.9 Å². The molecule has 1 N–H and O–H groups in total. The zero-order valence-corrected chi connectivity index (χ0v) is 16.5. The van der Waals surface area contributed by atoms with E-state index in [0.717, 1.165) is 39.3 Å². The van der Waals surface area contributed by atoms with Crippen molar-refractivity contribution in [2.45, 2.75) is 13.5 Å². The lowest BCUT2D eigenvalue weighted by Gasteiger charge is -2.32. The predicted octanol–water partition coefficient (Wildman–Crippen LogP) is 3.18. The van der Waals surface area contributed by atoms with Gasteiger partial charge in [0.25, 0.3) is 0 Å². The van der Waals surface area contributed by atoms with Crippen molar-refractivity contribution in [1.29, 1.82) is 0 Å². The van der Waals surface area contributed by atoms with Gasteiger partial charge in [-0.2, -0.15) is 0 Å². The summed E-state index contributed by atoms with van der Waals surface area (Å²) in [5, 5.41) is 0. The Hall–Kier alpha value is -3.06. The lowest BCUT2D eigenvalue weighted by molar-refractivity contribution is 0.0422. The number of carbonyl (C=O) groups is 1. The number of H-pyrrole nitrogens is 1. The maximum atomic E-state index is 12.9. The van der Waals surface area contributed by atoms with Gasteiger partial charge in [0.05, 0.1) is 37.3 Å². The number of imidazole rings is 1. The fourth-order valence-corrected chi connectivity index (χ4v) is 4.01. The highest BCUT2D eigenvalue weighted by Crippen LogP contribution is 2.31. The minimum atomic E-state index is 0.0597. The Morgan fingerprint density at radius 1 is 1.00 bits per heavy atom. The van der Waals surface area contributed by atoms with Gasteiger partial charge >= 0.3 is 6.03 Å². The number of hydrogen-bond acceptors (Lipinski definition) is 4. The number of nitrogens with one attached hydrogen (secondary N) is 1. The van der Waals surface area contributed by atoms with E-state index in [1.54, 1.807) is 0 Å². The smallest absolute Gasteiger partial charge is 0.320 e. The number of urea groups is 1. The van der Waals surface area contributed by atoms with Gasteiger partial charge in [0.15, 0.2) is 0 Å². The Balaban J connectivity index is 1.43. The third-order valence-electron chi connectivity index (χ3n) is 5.53. The molecular formula is C22H24N4O3. The first-order valence-electron chi connectivity index (χ1n) is 10.0. The summed E-state index contributed by atoms with van der Waals surface area (Å²) in [6.07, 6.45) is 0. The first kappa shape index (κ1) is 18.0. The molecule has 2 aliphatic heterocycles. The molecule has 0 spiro atoms. The number of aryl methyl sites for hydroxylation is 1. The fourth-order valence-electron chi connectivity index (χ4n) is 4.01. The monoisotopic (exact) mass is 392 g/mol. The van der Waals surface area contributed by atoms with Crippen LogP contribution in [0.4, 0.5) is 4.79 Å². The topological polar surface area (TPSA) is 70.7 Å². The Morgan fingerprint density at radius 2 is 1.76 bits per heavy atom. The van der Waals surface area contributed by atoms with Crippen LogP contribution in [0.3, 0.4) is 0 Å². The van der Waals surface area contributed by atoms with Gasteiger partial charge in [0.2, 0.25) is 0 Å². The highest BCUT2D eigenvalue weighted by Gasteiger charge is 2.25. The van der Waals surface area contributed by atoms with Crippen molar-refractivity contribution in [3.05, 3.63) is 47.8 Å². The molecule has 3 heterocycles. The Bertz CT molecular complexity index is 1060. The van der Waals surface area contributed by atoms with Crippen molar-refractivity contribution in [2.24, 2.45) is 0 Å². The molecule has 1 fully saturated rings. The van der Waals surface area contributed by atoms with Crippen LogP contribution in [0.5, 0.6) is 5.75 Å². The zero-order chi connectivity index (χ0) is 19.8. The molecule has 0 unspecified atom stereocenters. The van der Waals surface area contributed by atoms with Gasteiger partial charge in [-0.3, -0.25) is 0 Å². The summed E-state index contributed by atoms with van der Waals surface area (Å²) in [5.41, 5.74) is 5.23. The number of amides is 2. The summed E-state index contributed by atoms with van der Waals surface area (Å²) in [6.45, 7) is 6.09. The van der Waals surface area contributed by atoms with Gasteiger partial charge in [-0.25, -0.2) is 9.78 Å². The van der Waals surface area contributed by atoms with E-state index in [2.05, 4.69) is 34.2 Å². The fraction of sp³-hybridized carbons (Fsp3) is 0.364. The summed E-state index contributed by atoms with van der Waals surface area (Å²) < 4.78 is 11.3. The minimum Gasteiger partial charge on any atom is -0.491 e. The van der Waals surface area contributed by atoms with Crippen molar-refractivity contribution < 1.29 is 14.3 Å². The average Bonchev–Trinajstić information content (AvgIpc) is 2.99. The quantitative estimate of drug-likeness (QED) is 0.691. The molecule has 29 heavy (non-hydrogen) atoms. The standard InChI is InChI=1S/C22H24N4O3/c1-15-23-19-4-2-17(13-20(19)24-15)16-3-5-21-18(12-16)14-26(8-11-29-21)22(27)25-6-9-28-10-7-25/h2-5,12-13H,6-11,14H2,1H3,(H,23,24). The molecule has 7 nitrogen and oxygen atoms in total. The van der Waals surface area contributed by atoms with Crippen LogP contribution < -0.4 is 4.74 Å². The molecule has 5 rings (SSSR count). The predicted molar refractivity (Wildman–Crippen MR) is 110 cm³/mol. The second kappa shape index (κ2) is 7.40. The number of benzene rings is 2.